The first-order valence-electron chi connectivity index (χ1n) is 26.9. The van der Waals surface area contributed by atoms with Crippen LogP contribution in [-0.4, -0.2) is 19.6 Å². The van der Waals surface area contributed by atoms with E-state index in [1.54, 1.807) is 0 Å². The fourth-order valence-corrected chi connectivity index (χ4v) is 10.6. The zero-order chi connectivity index (χ0) is 57.1. The number of rotatable bonds is 4. The van der Waals surface area contributed by atoms with Crippen molar-refractivity contribution in [2.45, 2.75) is 209 Å². The molecule has 0 amide bonds. The molecule has 1 aliphatic carbocycles. The monoisotopic (exact) mass is 1050 g/mol. The molecule has 406 valence electrons. The Morgan fingerprint density at radius 2 is 0.453 bits per heavy atom. The van der Waals surface area contributed by atoms with Gasteiger partial charge in [0.25, 0.3) is 0 Å². The van der Waals surface area contributed by atoms with E-state index in [1.807, 2.05) is 0 Å². The zero-order valence-corrected chi connectivity index (χ0v) is 52.4. The Kier molecular flexibility index (Phi) is 17.7. The van der Waals surface area contributed by atoms with Gasteiger partial charge >= 0.3 is 8.25 Å². The summed E-state index contributed by atoms with van der Waals surface area (Å²) in [6.45, 7) is 57.4. The van der Waals surface area contributed by atoms with E-state index in [0.717, 1.165) is 0 Å². The Hall–Kier alpha value is -4.18. The minimum atomic E-state index is -3.13. The second-order valence-electron chi connectivity index (χ2n) is 29.2. The molecule has 0 radical (unpaired) electrons. The summed E-state index contributed by atoms with van der Waals surface area (Å²) in [5, 5.41) is 0. The third-order valence-electron chi connectivity index (χ3n) is 14.8. The third kappa shape index (κ3) is 13.4. The Balaban J connectivity index is 0.00000140. The van der Waals surface area contributed by atoms with Crippen LogP contribution in [0.3, 0.4) is 0 Å². The summed E-state index contributed by atoms with van der Waals surface area (Å²) in [7, 11) is -4.05. The Morgan fingerprint density at radius 1 is 0.293 bits per heavy atom. The molecule has 0 unspecified atom stereocenters. The van der Waals surface area contributed by atoms with Crippen LogP contribution in [0.5, 0.6) is 0 Å². The van der Waals surface area contributed by atoms with Crippen LogP contribution in [0.4, 0.5) is 0 Å². The highest BCUT2D eigenvalue weighted by Crippen LogP contribution is 2.65. The maximum absolute atomic E-state index is 8.74. The molecule has 0 heterocycles. The molecule has 5 nitrogen and oxygen atoms in total. The van der Waals surface area contributed by atoms with Gasteiger partial charge in [-0.1, -0.05) is 263 Å². The molecule has 4 N–H and O–H groups in total. The average molecular weight is 1050 g/mol. The lowest BCUT2D eigenvalue weighted by atomic mass is 9.63. The standard InChI is InChI=1S/C68H88.H3O3P.H3O2P/c1-61(2,3)41-29-33-47(51(37-41)65(13,14)15)57-55-45-27-25-26-28-46(45)56(55)58(48-34-30-42(62(4,5)6)38-52(48)66(16,17)18)60(50-36-32-44(64(10,11)12)40-54(50)68(22,23)24)59(57)49-35-31-43(63(7,8)9)39-53(49)67(19,20)21;1-4(2)3;1-3-2/h25-40H,1-24H3;4H,(H2,1,2,3);1-3H. The van der Waals surface area contributed by atoms with Crippen LogP contribution in [0.25, 0.3) is 66.8 Å². The highest BCUT2D eigenvalue weighted by Gasteiger charge is 2.41. The molecular formula is C68H94O5P2. The van der Waals surface area contributed by atoms with Gasteiger partial charge < -0.3 is 19.6 Å². The van der Waals surface area contributed by atoms with Gasteiger partial charge in [0, 0.05) is 0 Å². The zero-order valence-electron chi connectivity index (χ0n) is 50.4. The minimum Gasteiger partial charge on any atom is -0.352 e. The normalized spacial score (nSPS) is 13.3. The van der Waals surface area contributed by atoms with E-state index in [9.17, 15) is 0 Å². The lowest BCUT2D eigenvalue weighted by Gasteiger charge is -2.40. The van der Waals surface area contributed by atoms with Gasteiger partial charge in [-0.3, -0.25) is 4.57 Å². The lowest BCUT2D eigenvalue weighted by Crippen LogP contribution is -2.21. The van der Waals surface area contributed by atoms with Crippen molar-refractivity contribution in [1.29, 1.82) is 0 Å². The topological polar surface area (TPSA) is 98.0 Å². The molecule has 6 aromatic carbocycles. The van der Waals surface area contributed by atoms with Gasteiger partial charge in [0.15, 0.2) is 0 Å². The number of hydrogen-bond acceptors (Lipinski definition) is 3. The fourth-order valence-electron chi connectivity index (χ4n) is 10.6. The van der Waals surface area contributed by atoms with E-state index in [1.165, 1.54) is 111 Å². The summed E-state index contributed by atoms with van der Waals surface area (Å²) in [5.74, 6) is 0. The molecule has 0 atom stereocenters. The first-order valence-corrected chi connectivity index (χ1v) is 29.1. The molecule has 1 aliphatic rings. The highest BCUT2D eigenvalue weighted by atomic mass is 31.1. The van der Waals surface area contributed by atoms with E-state index < -0.39 is 17.3 Å². The van der Waals surface area contributed by atoms with Crippen molar-refractivity contribution in [1.82, 2.24) is 0 Å². The minimum absolute atomic E-state index is 0.00475. The van der Waals surface area contributed by atoms with Crippen LogP contribution in [0.1, 0.15) is 211 Å². The summed E-state index contributed by atoms with van der Waals surface area (Å²) in [4.78, 5) is 28.6. The molecule has 7 heteroatoms. The predicted molar refractivity (Wildman–Crippen MR) is 328 cm³/mol. The quantitative estimate of drug-likeness (QED) is 0.132. The largest absolute Gasteiger partial charge is 0.352 e. The smallest absolute Gasteiger partial charge is 0.314 e. The van der Waals surface area contributed by atoms with Crippen LogP contribution in [-0.2, 0) is 47.9 Å². The Labute approximate surface area is 457 Å². The van der Waals surface area contributed by atoms with Crippen LogP contribution >= 0.6 is 17.3 Å². The van der Waals surface area contributed by atoms with E-state index in [0.29, 0.717) is 0 Å². The maximum atomic E-state index is 8.74. The third-order valence-corrected chi connectivity index (χ3v) is 14.8. The molecule has 7 rings (SSSR count). The van der Waals surface area contributed by atoms with Crippen molar-refractivity contribution >= 4 is 17.3 Å². The summed E-state index contributed by atoms with van der Waals surface area (Å²) < 4.78 is 8.74. The first-order chi connectivity index (χ1) is 34.0. The average Bonchev–Trinajstić information content (AvgIpc) is 3.24. The first kappa shape index (κ1) is 61.7. The van der Waals surface area contributed by atoms with Crippen LogP contribution in [0.15, 0.2) is 97.1 Å². The van der Waals surface area contributed by atoms with E-state index in [-0.39, 0.29) is 43.3 Å². The molecule has 0 aromatic heterocycles. The van der Waals surface area contributed by atoms with Gasteiger partial charge in [-0.25, -0.2) is 0 Å². The van der Waals surface area contributed by atoms with E-state index in [4.69, 9.17) is 24.1 Å². The van der Waals surface area contributed by atoms with Gasteiger partial charge in [0.2, 0.25) is 0 Å². The SMILES string of the molecule is CC(C)(C)c1ccc(-c2c3c(c(-c4ccc(C(C)(C)C)cc4C(C)(C)C)c(-c4ccc(C(C)(C)C)cc4C(C)(C)C)c2-c2ccc(C(C)(C)C)cc2C(C)(C)C)-c2ccccc2-3)c(C(C)(C)C)c1.O=[PH](O)O.OPO. The second kappa shape index (κ2) is 21.6. The van der Waals surface area contributed by atoms with Gasteiger partial charge in [-0.2, -0.15) is 0 Å². The molecule has 0 bridgehead atoms. The summed E-state index contributed by atoms with van der Waals surface area (Å²) in [6, 6.07) is 39.4. The van der Waals surface area contributed by atoms with Crippen molar-refractivity contribution in [3.63, 3.8) is 0 Å². The number of hydrogen-bond donors (Lipinski definition) is 4. The Morgan fingerprint density at radius 3 is 0.600 bits per heavy atom. The van der Waals surface area contributed by atoms with Crippen molar-refractivity contribution in [2.24, 2.45) is 0 Å². The highest BCUT2D eigenvalue weighted by molar-refractivity contribution is 7.30. The number of fused-ring (bicyclic) bond motifs is 4. The lowest BCUT2D eigenvalue weighted by molar-refractivity contribution is 0.405. The summed E-state index contributed by atoms with van der Waals surface area (Å²) in [5.41, 5.74) is 26.6. The number of benzene rings is 6. The maximum Gasteiger partial charge on any atom is 0.314 e. The Bertz CT molecular complexity index is 2870. The van der Waals surface area contributed by atoms with Crippen molar-refractivity contribution in [2.75, 3.05) is 0 Å². The van der Waals surface area contributed by atoms with Crippen LogP contribution < -0.4 is 0 Å². The molecule has 75 heavy (non-hydrogen) atoms. The molecule has 0 fully saturated rings. The molecular weight excluding hydrogens is 959 g/mol. The van der Waals surface area contributed by atoms with Crippen molar-refractivity contribution in [3.05, 3.63) is 142 Å². The molecule has 0 spiro atoms. The van der Waals surface area contributed by atoms with E-state index >= 15 is 0 Å². The van der Waals surface area contributed by atoms with Crippen molar-refractivity contribution < 1.29 is 24.1 Å². The van der Waals surface area contributed by atoms with E-state index in [2.05, 4.69) is 263 Å². The molecule has 0 aliphatic heterocycles. The fraction of sp³-hybridized carbons (Fsp3) is 0.471. The molecule has 0 saturated heterocycles. The van der Waals surface area contributed by atoms with Gasteiger partial charge in [0.1, 0.15) is 9.03 Å². The molecule has 6 aromatic rings. The van der Waals surface area contributed by atoms with Gasteiger partial charge in [0.05, 0.1) is 0 Å². The second-order valence-corrected chi connectivity index (χ2v) is 30.0. The predicted octanol–water partition coefficient (Wildman–Crippen LogP) is 19.2. The van der Waals surface area contributed by atoms with Gasteiger partial charge in [-0.05, 0) is 155 Å². The van der Waals surface area contributed by atoms with Crippen LogP contribution in [0, 0.1) is 0 Å². The van der Waals surface area contributed by atoms with Crippen molar-refractivity contribution in [3.8, 4) is 66.8 Å². The molecule has 0 saturated carbocycles. The summed E-state index contributed by atoms with van der Waals surface area (Å²) in [6.07, 6.45) is 0. The summed E-state index contributed by atoms with van der Waals surface area (Å²) >= 11 is 0. The van der Waals surface area contributed by atoms with Gasteiger partial charge in [-0.15, -0.1) is 0 Å². The van der Waals surface area contributed by atoms with Crippen LogP contribution in [0.2, 0.25) is 0 Å².